The van der Waals surface area contributed by atoms with Crippen molar-refractivity contribution in [2.75, 3.05) is 0 Å². The average Bonchev–Trinajstić information content (AvgIpc) is 3.06. The highest BCUT2D eigenvalue weighted by atomic mass is 14.7. The molecule has 1 unspecified atom stereocenters. The maximum atomic E-state index is 6.79. The maximum absolute atomic E-state index is 6.79. The summed E-state index contributed by atoms with van der Waals surface area (Å²) in [6.45, 7) is 2.20. The summed E-state index contributed by atoms with van der Waals surface area (Å²) in [5.41, 5.74) is 11.0. The fourth-order valence-corrected chi connectivity index (χ4v) is 3.88. The van der Waals surface area contributed by atoms with Crippen molar-refractivity contribution in [2.45, 2.75) is 50.5 Å². The monoisotopic (exact) mass is 279 g/mol. The van der Waals surface area contributed by atoms with Gasteiger partial charge in [-0.1, -0.05) is 74.4 Å². The predicted molar refractivity (Wildman–Crippen MR) is 89.3 cm³/mol. The Kier molecular flexibility index (Phi) is 4.12. The molecule has 0 aromatic heterocycles. The maximum Gasteiger partial charge on any atom is 0.0393 e. The molecule has 2 aromatic rings. The lowest BCUT2D eigenvalue weighted by Gasteiger charge is -2.36. The van der Waals surface area contributed by atoms with E-state index in [1.54, 1.807) is 0 Å². The van der Waals surface area contributed by atoms with Gasteiger partial charge in [0.25, 0.3) is 0 Å². The fraction of sp³-hybridized carbons (Fsp3) is 0.400. The molecule has 1 nitrogen and oxygen atoms in total. The van der Waals surface area contributed by atoms with Gasteiger partial charge in [0.15, 0.2) is 0 Å². The first-order valence-electron chi connectivity index (χ1n) is 8.16. The minimum absolute atomic E-state index is 0.0916. The lowest BCUT2D eigenvalue weighted by Crippen LogP contribution is -2.36. The number of hydrogen-bond donors (Lipinski definition) is 1. The molecule has 0 aliphatic heterocycles. The molecule has 0 amide bonds. The Morgan fingerprint density at radius 1 is 1.00 bits per heavy atom. The molecule has 1 aliphatic rings. The largest absolute Gasteiger partial charge is 0.323 e. The summed E-state index contributed by atoms with van der Waals surface area (Å²) in [5, 5.41) is 0. The molecule has 1 heteroatoms. The van der Waals surface area contributed by atoms with Crippen molar-refractivity contribution in [2.24, 2.45) is 5.73 Å². The molecule has 0 bridgehead atoms. The van der Waals surface area contributed by atoms with Crippen LogP contribution >= 0.6 is 0 Å². The molecule has 0 radical (unpaired) electrons. The van der Waals surface area contributed by atoms with E-state index >= 15 is 0 Å². The summed E-state index contributed by atoms with van der Waals surface area (Å²) in [6, 6.07) is 19.8. The van der Waals surface area contributed by atoms with E-state index in [1.165, 1.54) is 42.4 Å². The van der Waals surface area contributed by atoms with Crippen molar-refractivity contribution in [1.29, 1.82) is 0 Å². The summed E-state index contributed by atoms with van der Waals surface area (Å²) < 4.78 is 0. The first kappa shape index (κ1) is 14.3. The minimum Gasteiger partial charge on any atom is -0.323 e. The van der Waals surface area contributed by atoms with Crippen LogP contribution in [0.2, 0.25) is 0 Å². The van der Waals surface area contributed by atoms with E-state index in [4.69, 9.17) is 5.73 Å². The third-order valence-electron chi connectivity index (χ3n) is 5.16. The average molecular weight is 279 g/mol. The van der Waals surface area contributed by atoms with Crippen LogP contribution in [0.3, 0.4) is 0 Å². The van der Waals surface area contributed by atoms with Crippen LogP contribution in [0.5, 0.6) is 0 Å². The van der Waals surface area contributed by atoms with Crippen LogP contribution in [0.1, 0.15) is 55.3 Å². The first-order chi connectivity index (χ1) is 10.3. The smallest absolute Gasteiger partial charge is 0.0393 e. The van der Waals surface area contributed by atoms with Crippen molar-refractivity contribution in [3.05, 3.63) is 71.3 Å². The Morgan fingerprint density at radius 2 is 1.71 bits per heavy atom. The van der Waals surface area contributed by atoms with Crippen LogP contribution in [0.15, 0.2) is 54.6 Å². The summed E-state index contributed by atoms with van der Waals surface area (Å²) >= 11 is 0. The number of aryl methyl sites for hydroxylation is 1. The Bertz CT molecular complexity index is 582. The van der Waals surface area contributed by atoms with Gasteiger partial charge in [-0.05, 0) is 36.0 Å². The second-order valence-electron chi connectivity index (χ2n) is 6.31. The van der Waals surface area contributed by atoms with Gasteiger partial charge in [0, 0.05) is 11.5 Å². The topological polar surface area (TPSA) is 26.0 Å². The van der Waals surface area contributed by atoms with E-state index in [0.717, 1.165) is 6.42 Å². The molecule has 0 saturated heterocycles. The highest BCUT2D eigenvalue weighted by Crippen LogP contribution is 2.48. The lowest BCUT2D eigenvalue weighted by atomic mass is 9.70. The van der Waals surface area contributed by atoms with E-state index in [0.29, 0.717) is 0 Å². The van der Waals surface area contributed by atoms with Gasteiger partial charge in [-0.2, -0.15) is 0 Å². The quantitative estimate of drug-likeness (QED) is 0.858. The molecule has 2 N–H and O–H groups in total. The SMILES string of the molecule is CCc1cccc(C(N)C2(c3ccccc3)CCCC2)c1. The van der Waals surface area contributed by atoms with Gasteiger partial charge < -0.3 is 5.73 Å². The molecule has 3 rings (SSSR count). The zero-order valence-electron chi connectivity index (χ0n) is 12.9. The number of hydrogen-bond acceptors (Lipinski definition) is 1. The number of rotatable bonds is 4. The molecule has 2 aromatic carbocycles. The van der Waals surface area contributed by atoms with E-state index in [-0.39, 0.29) is 11.5 Å². The standard InChI is InChI=1S/C20H25N/c1-2-16-9-8-10-17(15-16)19(21)20(13-6-7-14-20)18-11-4-3-5-12-18/h3-5,8-12,15,19H,2,6-7,13-14,21H2,1H3. The van der Waals surface area contributed by atoms with Crippen LogP contribution in [-0.4, -0.2) is 0 Å². The third kappa shape index (κ3) is 2.63. The molecule has 0 heterocycles. The lowest BCUT2D eigenvalue weighted by molar-refractivity contribution is 0.356. The number of benzene rings is 2. The molecule has 1 fully saturated rings. The molecule has 1 saturated carbocycles. The minimum atomic E-state index is 0.0916. The summed E-state index contributed by atoms with van der Waals surface area (Å²) in [6.07, 6.45) is 6.05. The van der Waals surface area contributed by atoms with E-state index < -0.39 is 0 Å². The van der Waals surface area contributed by atoms with Gasteiger partial charge in [-0.3, -0.25) is 0 Å². The van der Waals surface area contributed by atoms with Crippen LogP contribution < -0.4 is 5.73 Å². The fourth-order valence-electron chi connectivity index (χ4n) is 3.88. The van der Waals surface area contributed by atoms with Crippen molar-refractivity contribution < 1.29 is 0 Å². The Labute approximate surface area is 128 Å². The van der Waals surface area contributed by atoms with Gasteiger partial charge >= 0.3 is 0 Å². The van der Waals surface area contributed by atoms with Crippen molar-refractivity contribution in [1.82, 2.24) is 0 Å². The Morgan fingerprint density at radius 3 is 2.38 bits per heavy atom. The molecular weight excluding hydrogens is 254 g/mol. The van der Waals surface area contributed by atoms with E-state index in [2.05, 4.69) is 61.5 Å². The zero-order chi connectivity index (χ0) is 14.7. The second-order valence-corrected chi connectivity index (χ2v) is 6.31. The van der Waals surface area contributed by atoms with Gasteiger partial charge in [0.2, 0.25) is 0 Å². The normalized spacial score (nSPS) is 18.6. The highest BCUT2D eigenvalue weighted by molar-refractivity contribution is 5.35. The Hall–Kier alpha value is -1.60. The molecule has 0 spiro atoms. The van der Waals surface area contributed by atoms with Crippen molar-refractivity contribution >= 4 is 0 Å². The molecular formula is C20H25N. The van der Waals surface area contributed by atoms with Crippen LogP contribution in [0.25, 0.3) is 0 Å². The van der Waals surface area contributed by atoms with Crippen molar-refractivity contribution in [3.63, 3.8) is 0 Å². The van der Waals surface area contributed by atoms with Crippen LogP contribution in [-0.2, 0) is 11.8 Å². The van der Waals surface area contributed by atoms with Crippen molar-refractivity contribution in [3.8, 4) is 0 Å². The summed E-state index contributed by atoms with van der Waals surface area (Å²) in [4.78, 5) is 0. The van der Waals surface area contributed by atoms with Gasteiger partial charge in [-0.25, -0.2) is 0 Å². The van der Waals surface area contributed by atoms with Gasteiger partial charge in [0.1, 0.15) is 0 Å². The predicted octanol–water partition coefficient (Wildman–Crippen LogP) is 4.76. The molecule has 1 atom stereocenters. The first-order valence-corrected chi connectivity index (χ1v) is 8.16. The molecule has 110 valence electrons. The Balaban J connectivity index is 2.01. The number of nitrogens with two attached hydrogens (primary N) is 1. The second kappa shape index (κ2) is 6.03. The third-order valence-corrected chi connectivity index (χ3v) is 5.16. The van der Waals surface area contributed by atoms with E-state index in [1.807, 2.05) is 0 Å². The van der Waals surface area contributed by atoms with Gasteiger partial charge in [-0.15, -0.1) is 0 Å². The summed E-state index contributed by atoms with van der Waals surface area (Å²) in [5.74, 6) is 0. The van der Waals surface area contributed by atoms with E-state index in [9.17, 15) is 0 Å². The van der Waals surface area contributed by atoms with Crippen LogP contribution in [0.4, 0.5) is 0 Å². The van der Waals surface area contributed by atoms with Crippen LogP contribution in [0, 0.1) is 0 Å². The highest BCUT2D eigenvalue weighted by Gasteiger charge is 2.41. The van der Waals surface area contributed by atoms with Gasteiger partial charge in [0.05, 0.1) is 0 Å². The summed E-state index contributed by atoms with van der Waals surface area (Å²) in [7, 11) is 0. The molecule has 1 aliphatic carbocycles. The molecule has 21 heavy (non-hydrogen) atoms. The zero-order valence-corrected chi connectivity index (χ0v) is 12.9.